The number of aliphatic carboxylic acids is 1. The van der Waals surface area contributed by atoms with Gasteiger partial charge in [-0.15, -0.1) is 0 Å². The lowest BCUT2D eigenvalue weighted by Crippen LogP contribution is -2.04. The number of benzene rings is 1. The molecule has 0 unspecified atom stereocenters. The minimum absolute atomic E-state index is 0.00744. The molecule has 6 nitrogen and oxygen atoms in total. The second-order valence-corrected chi connectivity index (χ2v) is 3.92. The van der Waals surface area contributed by atoms with E-state index in [0.29, 0.717) is 29.9 Å². The third-order valence-electron chi connectivity index (χ3n) is 2.67. The van der Waals surface area contributed by atoms with E-state index in [0.717, 1.165) is 0 Å². The van der Waals surface area contributed by atoms with Crippen LogP contribution in [0.15, 0.2) is 12.1 Å². The summed E-state index contributed by atoms with van der Waals surface area (Å²) in [5.74, 6) is -1.04. The van der Waals surface area contributed by atoms with E-state index in [9.17, 15) is 9.59 Å². The van der Waals surface area contributed by atoms with Crippen molar-refractivity contribution in [3.8, 4) is 11.5 Å². The Morgan fingerprint density at radius 1 is 1.17 bits per heavy atom. The van der Waals surface area contributed by atoms with Crippen molar-refractivity contribution in [2.24, 2.45) is 0 Å². The molecule has 6 heteroatoms. The summed E-state index contributed by atoms with van der Waals surface area (Å²) in [6, 6.07) is 3.02. The Morgan fingerprint density at radius 2 is 1.83 bits per heavy atom. The molecule has 2 rings (SSSR count). The molecule has 0 fully saturated rings. The summed E-state index contributed by atoms with van der Waals surface area (Å²) >= 11 is 0. The van der Waals surface area contributed by atoms with Gasteiger partial charge in [0.25, 0.3) is 0 Å². The number of carboxylic acids is 2. The van der Waals surface area contributed by atoms with Crippen LogP contribution in [0.2, 0.25) is 0 Å². The molecule has 2 N–H and O–H groups in total. The first kappa shape index (κ1) is 12.2. The Labute approximate surface area is 103 Å². The molecule has 0 spiro atoms. The van der Waals surface area contributed by atoms with Gasteiger partial charge in [0.1, 0.15) is 0 Å². The lowest BCUT2D eigenvalue weighted by atomic mass is 10.0. The first-order chi connectivity index (χ1) is 8.58. The molecule has 18 heavy (non-hydrogen) atoms. The van der Waals surface area contributed by atoms with Gasteiger partial charge in [-0.25, -0.2) is 4.79 Å². The minimum Gasteiger partial charge on any atom is -0.481 e. The predicted molar refractivity (Wildman–Crippen MR) is 60.1 cm³/mol. The zero-order valence-corrected chi connectivity index (χ0v) is 9.51. The van der Waals surface area contributed by atoms with E-state index in [1.165, 1.54) is 6.07 Å². The van der Waals surface area contributed by atoms with Crippen LogP contribution in [0.1, 0.15) is 28.8 Å². The van der Waals surface area contributed by atoms with Gasteiger partial charge in [-0.1, -0.05) is 0 Å². The summed E-state index contributed by atoms with van der Waals surface area (Å²) in [7, 11) is 0. The molecule has 1 aromatic carbocycles. The number of fused-ring (bicyclic) bond motifs is 1. The second-order valence-electron chi connectivity index (χ2n) is 3.92. The highest BCUT2D eigenvalue weighted by Gasteiger charge is 2.20. The highest BCUT2D eigenvalue weighted by molar-refractivity contribution is 5.90. The molecular formula is C12H12O6. The van der Waals surface area contributed by atoms with Gasteiger partial charge < -0.3 is 19.7 Å². The molecule has 1 aliphatic heterocycles. The fraction of sp³-hybridized carbons (Fsp3) is 0.333. The SMILES string of the molecule is O=C(O)CCCc1cc2c(cc1C(=O)O)OCO2. The Balaban J connectivity index is 2.21. The third-order valence-corrected chi connectivity index (χ3v) is 2.67. The first-order valence-electron chi connectivity index (χ1n) is 5.45. The smallest absolute Gasteiger partial charge is 0.336 e. The molecule has 96 valence electrons. The van der Waals surface area contributed by atoms with Crippen LogP contribution < -0.4 is 9.47 Å². The molecule has 0 saturated carbocycles. The topological polar surface area (TPSA) is 93.1 Å². The Morgan fingerprint density at radius 3 is 2.44 bits per heavy atom. The molecule has 1 heterocycles. The third kappa shape index (κ3) is 2.53. The number of aryl methyl sites for hydroxylation is 1. The minimum atomic E-state index is -1.06. The van der Waals surface area contributed by atoms with Crippen molar-refractivity contribution in [3.05, 3.63) is 23.3 Å². The van der Waals surface area contributed by atoms with Crippen LogP contribution in [0.5, 0.6) is 11.5 Å². The quantitative estimate of drug-likeness (QED) is 0.825. The van der Waals surface area contributed by atoms with E-state index in [-0.39, 0.29) is 18.8 Å². The normalized spacial score (nSPS) is 12.4. The number of hydrogen-bond acceptors (Lipinski definition) is 4. The molecule has 0 atom stereocenters. The lowest BCUT2D eigenvalue weighted by molar-refractivity contribution is -0.137. The van der Waals surface area contributed by atoms with E-state index in [1.807, 2.05) is 0 Å². The van der Waals surface area contributed by atoms with Crippen LogP contribution in [-0.2, 0) is 11.2 Å². The van der Waals surface area contributed by atoms with Gasteiger partial charge >= 0.3 is 11.9 Å². The average Bonchev–Trinajstić information content (AvgIpc) is 2.74. The van der Waals surface area contributed by atoms with Gasteiger partial charge in [-0.2, -0.15) is 0 Å². The maximum absolute atomic E-state index is 11.1. The van der Waals surface area contributed by atoms with Crippen LogP contribution in [-0.4, -0.2) is 28.9 Å². The molecule has 0 amide bonds. The van der Waals surface area contributed by atoms with Crippen molar-refractivity contribution in [1.29, 1.82) is 0 Å². The average molecular weight is 252 g/mol. The van der Waals surface area contributed by atoms with Crippen LogP contribution in [0.4, 0.5) is 0 Å². The fourth-order valence-corrected chi connectivity index (χ4v) is 1.82. The molecule has 1 aliphatic rings. The maximum atomic E-state index is 11.1. The Hall–Kier alpha value is -2.24. The van der Waals surface area contributed by atoms with E-state index < -0.39 is 11.9 Å². The zero-order chi connectivity index (χ0) is 13.1. The zero-order valence-electron chi connectivity index (χ0n) is 9.51. The van der Waals surface area contributed by atoms with Crippen molar-refractivity contribution in [3.63, 3.8) is 0 Å². The van der Waals surface area contributed by atoms with Gasteiger partial charge in [0, 0.05) is 6.42 Å². The van der Waals surface area contributed by atoms with Crippen LogP contribution in [0.3, 0.4) is 0 Å². The largest absolute Gasteiger partial charge is 0.481 e. The lowest BCUT2D eigenvalue weighted by Gasteiger charge is -2.07. The highest BCUT2D eigenvalue weighted by Crippen LogP contribution is 2.35. The van der Waals surface area contributed by atoms with Crippen molar-refractivity contribution < 1.29 is 29.3 Å². The highest BCUT2D eigenvalue weighted by atomic mass is 16.7. The van der Waals surface area contributed by atoms with Crippen molar-refractivity contribution in [1.82, 2.24) is 0 Å². The van der Waals surface area contributed by atoms with Gasteiger partial charge in [-0.05, 0) is 30.5 Å². The maximum Gasteiger partial charge on any atom is 0.336 e. The first-order valence-corrected chi connectivity index (χ1v) is 5.45. The monoisotopic (exact) mass is 252 g/mol. The summed E-state index contributed by atoms with van der Waals surface area (Å²) in [4.78, 5) is 21.5. The fourth-order valence-electron chi connectivity index (χ4n) is 1.82. The van der Waals surface area contributed by atoms with E-state index in [2.05, 4.69) is 0 Å². The number of carbonyl (C=O) groups is 2. The van der Waals surface area contributed by atoms with Crippen LogP contribution >= 0.6 is 0 Å². The molecule has 1 aromatic rings. The van der Waals surface area contributed by atoms with Gasteiger partial charge in [0.05, 0.1) is 5.56 Å². The molecule has 0 aromatic heterocycles. The number of ether oxygens (including phenoxy) is 2. The second kappa shape index (κ2) is 4.95. The van der Waals surface area contributed by atoms with Crippen LogP contribution in [0, 0.1) is 0 Å². The van der Waals surface area contributed by atoms with E-state index in [1.54, 1.807) is 6.07 Å². The predicted octanol–water partition coefficient (Wildman–Crippen LogP) is 1.52. The van der Waals surface area contributed by atoms with E-state index in [4.69, 9.17) is 19.7 Å². The van der Waals surface area contributed by atoms with Gasteiger partial charge in [0.15, 0.2) is 11.5 Å². The number of hydrogen-bond donors (Lipinski definition) is 2. The standard InChI is InChI=1S/C12H12O6/c13-11(14)3-1-2-7-4-9-10(18-6-17-9)5-8(7)12(15)16/h4-5H,1-3,6H2,(H,13,14)(H,15,16). The van der Waals surface area contributed by atoms with Crippen molar-refractivity contribution in [2.45, 2.75) is 19.3 Å². The summed E-state index contributed by atoms with van der Waals surface area (Å²) < 4.78 is 10.3. The number of aromatic carboxylic acids is 1. The molecule has 0 radical (unpaired) electrons. The number of carboxylic acid groups (broad SMARTS) is 2. The van der Waals surface area contributed by atoms with E-state index >= 15 is 0 Å². The van der Waals surface area contributed by atoms with Gasteiger partial charge in [0.2, 0.25) is 6.79 Å². The Kier molecular flexibility index (Phi) is 3.36. The van der Waals surface area contributed by atoms with Crippen molar-refractivity contribution in [2.75, 3.05) is 6.79 Å². The molecule has 0 saturated heterocycles. The molecule has 0 aliphatic carbocycles. The van der Waals surface area contributed by atoms with Gasteiger partial charge in [-0.3, -0.25) is 4.79 Å². The summed E-state index contributed by atoms with van der Waals surface area (Å²) in [6.07, 6.45) is 0.771. The summed E-state index contributed by atoms with van der Waals surface area (Å²) in [5.41, 5.74) is 0.692. The van der Waals surface area contributed by atoms with Crippen molar-refractivity contribution >= 4 is 11.9 Å². The molecular weight excluding hydrogens is 240 g/mol. The Bertz CT molecular complexity index is 494. The van der Waals surface area contributed by atoms with Crippen LogP contribution in [0.25, 0.3) is 0 Å². The number of rotatable bonds is 5. The summed E-state index contributed by atoms with van der Waals surface area (Å²) in [5, 5.41) is 17.7. The summed E-state index contributed by atoms with van der Waals surface area (Å²) in [6.45, 7) is 0.0764. The molecule has 0 bridgehead atoms.